The van der Waals surface area contributed by atoms with E-state index < -0.39 is 0 Å². The quantitative estimate of drug-likeness (QED) is 0.715. The number of hydrogen-bond acceptors (Lipinski definition) is 1. The van der Waals surface area contributed by atoms with Crippen LogP contribution >= 0.6 is 22.6 Å². The summed E-state index contributed by atoms with van der Waals surface area (Å²) in [4.78, 5) is 3.92. The maximum absolute atomic E-state index is 11.7. The van der Waals surface area contributed by atoms with E-state index in [1.807, 2.05) is 0 Å². The molecule has 1 aromatic rings. The third-order valence-electron chi connectivity index (χ3n) is 0.990. The van der Waals surface area contributed by atoms with E-state index in [1.165, 1.54) is 0 Å². The molecule has 0 spiro atoms. The fourth-order valence-corrected chi connectivity index (χ4v) is 1.13. The summed E-state index contributed by atoms with van der Waals surface area (Å²) >= 11 is 2.06. The van der Waals surface area contributed by atoms with E-state index in [0.717, 1.165) is 3.83 Å². The lowest BCUT2D eigenvalue weighted by molar-refractivity contribution is 0.442. The van der Waals surface area contributed by atoms with Crippen LogP contribution in [0.4, 0.5) is 4.39 Å². The lowest BCUT2D eigenvalue weighted by atomic mass is 10.7. The molecular weight excluding hydrogens is 234 g/mol. The molecule has 0 aromatic carbocycles. The average molecular weight is 240 g/mol. The highest BCUT2D eigenvalue weighted by atomic mass is 127. The molecular formula is C5H6FIN2. The van der Waals surface area contributed by atoms with Gasteiger partial charge in [0, 0.05) is 12.4 Å². The van der Waals surface area contributed by atoms with Crippen LogP contribution in [0, 0.1) is 3.83 Å². The standard InChI is InChI=1S/C5H6FIN2/c6-1-3-9-4-2-8-5(9)7/h2,4H,1,3H2. The monoisotopic (exact) mass is 240 g/mol. The zero-order valence-electron chi connectivity index (χ0n) is 4.72. The predicted molar refractivity (Wildman–Crippen MR) is 40.9 cm³/mol. The Morgan fingerprint density at radius 2 is 2.56 bits per heavy atom. The van der Waals surface area contributed by atoms with E-state index in [-0.39, 0.29) is 6.67 Å². The number of imidazole rings is 1. The van der Waals surface area contributed by atoms with Crippen LogP contribution in [0.15, 0.2) is 12.4 Å². The molecule has 1 aromatic heterocycles. The Labute approximate surface area is 66.2 Å². The van der Waals surface area contributed by atoms with Crippen molar-refractivity contribution in [1.29, 1.82) is 0 Å². The van der Waals surface area contributed by atoms with Gasteiger partial charge in [0.25, 0.3) is 0 Å². The van der Waals surface area contributed by atoms with E-state index in [9.17, 15) is 4.39 Å². The van der Waals surface area contributed by atoms with E-state index >= 15 is 0 Å². The molecule has 1 rings (SSSR count). The molecule has 0 N–H and O–H groups in total. The maximum Gasteiger partial charge on any atom is 0.171 e. The highest BCUT2D eigenvalue weighted by molar-refractivity contribution is 14.1. The van der Waals surface area contributed by atoms with E-state index in [2.05, 4.69) is 27.6 Å². The van der Waals surface area contributed by atoms with Gasteiger partial charge in [0.15, 0.2) is 3.83 Å². The summed E-state index contributed by atoms with van der Waals surface area (Å²) in [5.41, 5.74) is 0. The van der Waals surface area contributed by atoms with E-state index in [1.54, 1.807) is 17.0 Å². The van der Waals surface area contributed by atoms with Gasteiger partial charge >= 0.3 is 0 Å². The number of halogens is 2. The molecule has 0 atom stereocenters. The number of aryl methyl sites for hydroxylation is 1. The number of rotatable bonds is 2. The van der Waals surface area contributed by atoms with Gasteiger partial charge in [-0.15, -0.1) is 0 Å². The van der Waals surface area contributed by atoms with Crippen molar-refractivity contribution in [3.63, 3.8) is 0 Å². The summed E-state index contributed by atoms with van der Waals surface area (Å²) in [5, 5.41) is 0. The van der Waals surface area contributed by atoms with Gasteiger partial charge < -0.3 is 4.57 Å². The Bertz CT molecular complexity index is 187. The Balaban J connectivity index is 2.69. The fraction of sp³-hybridized carbons (Fsp3) is 0.400. The molecule has 0 fully saturated rings. The van der Waals surface area contributed by atoms with Gasteiger partial charge in [-0.3, -0.25) is 0 Å². The summed E-state index contributed by atoms with van der Waals surface area (Å²) in [6.07, 6.45) is 3.43. The van der Waals surface area contributed by atoms with Crippen molar-refractivity contribution in [2.24, 2.45) is 0 Å². The molecule has 0 unspecified atom stereocenters. The van der Waals surface area contributed by atoms with Gasteiger partial charge in [0.05, 0.1) is 6.54 Å². The maximum atomic E-state index is 11.7. The van der Waals surface area contributed by atoms with Crippen LogP contribution in [0.2, 0.25) is 0 Å². The Morgan fingerprint density at radius 3 is 3.00 bits per heavy atom. The minimum Gasteiger partial charge on any atom is -0.324 e. The lowest BCUT2D eigenvalue weighted by Gasteiger charge is -1.96. The molecule has 0 amide bonds. The van der Waals surface area contributed by atoms with Crippen LogP contribution in [0.5, 0.6) is 0 Å². The summed E-state index contributed by atoms with van der Waals surface area (Å²) in [6.45, 7) is 0.0879. The molecule has 0 bridgehead atoms. The molecule has 4 heteroatoms. The number of nitrogens with zero attached hydrogens (tertiary/aromatic N) is 2. The summed E-state index contributed by atoms with van der Waals surface area (Å²) < 4.78 is 14.3. The van der Waals surface area contributed by atoms with Crippen LogP contribution in [0.1, 0.15) is 0 Å². The normalized spacial score (nSPS) is 10.0. The van der Waals surface area contributed by atoms with Gasteiger partial charge in [-0.1, -0.05) is 0 Å². The molecule has 2 nitrogen and oxygen atoms in total. The van der Waals surface area contributed by atoms with Crippen molar-refractivity contribution in [2.75, 3.05) is 6.67 Å². The van der Waals surface area contributed by atoms with Crippen molar-refractivity contribution in [1.82, 2.24) is 9.55 Å². The number of aromatic nitrogens is 2. The molecule has 0 saturated heterocycles. The molecule has 0 aliphatic carbocycles. The van der Waals surface area contributed by atoms with E-state index in [0.29, 0.717) is 6.54 Å². The van der Waals surface area contributed by atoms with E-state index in [4.69, 9.17) is 0 Å². The first-order valence-electron chi connectivity index (χ1n) is 2.57. The second-order valence-electron chi connectivity index (χ2n) is 1.58. The van der Waals surface area contributed by atoms with Gasteiger partial charge in [-0.05, 0) is 22.6 Å². The SMILES string of the molecule is FCCn1ccnc1I. The fourth-order valence-electron chi connectivity index (χ4n) is 0.569. The van der Waals surface area contributed by atoms with Crippen molar-refractivity contribution in [2.45, 2.75) is 6.54 Å². The Kier molecular flexibility index (Phi) is 2.44. The van der Waals surface area contributed by atoms with Crippen LogP contribution in [-0.2, 0) is 6.54 Å². The third kappa shape index (κ3) is 1.64. The first-order chi connectivity index (χ1) is 4.34. The summed E-state index contributed by atoms with van der Waals surface area (Å²) in [7, 11) is 0. The van der Waals surface area contributed by atoms with Gasteiger partial charge in [0.2, 0.25) is 0 Å². The Morgan fingerprint density at radius 1 is 1.78 bits per heavy atom. The van der Waals surface area contributed by atoms with Crippen molar-refractivity contribution in [3.8, 4) is 0 Å². The molecule has 0 radical (unpaired) electrons. The largest absolute Gasteiger partial charge is 0.324 e. The summed E-state index contributed by atoms with van der Waals surface area (Å²) in [5.74, 6) is 0. The van der Waals surface area contributed by atoms with Gasteiger partial charge in [-0.2, -0.15) is 0 Å². The highest BCUT2D eigenvalue weighted by Gasteiger charge is 1.94. The molecule has 0 aliphatic rings. The van der Waals surface area contributed by atoms with Crippen molar-refractivity contribution < 1.29 is 4.39 Å². The zero-order chi connectivity index (χ0) is 6.69. The van der Waals surface area contributed by atoms with Gasteiger partial charge in [-0.25, -0.2) is 9.37 Å². The molecule has 9 heavy (non-hydrogen) atoms. The number of hydrogen-bond donors (Lipinski definition) is 0. The lowest BCUT2D eigenvalue weighted by Crippen LogP contribution is -1.99. The predicted octanol–water partition coefficient (Wildman–Crippen LogP) is 1.46. The zero-order valence-corrected chi connectivity index (χ0v) is 6.88. The molecule has 0 saturated carbocycles. The van der Waals surface area contributed by atoms with Crippen molar-refractivity contribution in [3.05, 3.63) is 16.2 Å². The first kappa shape index (κ1) is 6.98. The second-order valence-corrected chi connectivity index (χ2v) is 2.54. The van der Waals surface area contributed by atoms with Crippen molar-refractivity contribution >= 4 is 22.6 Å². The van der Waals surface area contributed by atoms with Gasteiger partial charge in [0.1, 0.15) is 6.67 Å². The molecule has 0 aliphatic heterocycles. The Hall–Kier alpha value is -0.130. The van der Waals surface area contributed by atoms with Crippen LogP contribution in [-0.4, -0.2) is 16.2 Å². The average Bonchev–Trinajstić information content (AvgIpc) is 2.18. The smallest absolute Gasteiger partial charge is 0.171 e. The number of alkyl halides is 1. The molecule has 1 heterocycles. The highest BCUT2D eigenvalue weighted by Crippen LogP contribution is 2.00. The van der Waals surface area contributed by atoms with Crippen LogP contribution in [0.25, 0.3) is 0 Å². The molecule has 50 valence electrons. The third-order valence-corrected chi connectivity index (χ3v) is 1.89. The first-order valence-corrected chi connectivity index (χ1v) is 3.65. The minimum absolute atomic E-state index is 0.327. The second kappa shape index (κ2) is 3.14. The van der Waals surface area contributed by atoms with Crippen LogP contribution in [0.3, 0.4) is 0 Å². The summed E-state index contributed by atoms with van der Waals surface area (Å²) in [6, 6.07) is 0. The topological polar surface area (TPSA) is 17.8 Å². The van der Waals surface area contributed by atoms with Crippen LogP contribution < -0.4 is 0 Å². The minimum atomic E-state index is -0.327.